The number of piperazine rings is 1. The molecule has 0 saturated carbocycles. The average Bonchev–Trinajstić information content (AvgIpc) is 2.63. The highest BCUT2D eigenvalue weighted by Crippen LogP contribution is 2.36. The van der Waals surface area contributed by atoms with E-state index in [1.807, 2.05) is 17.0 Å². The molecule has 2 aromatic rings. The van der Waals surface area contributed by atoms with Crippen LogP contribution in [0.2, 0.25) is 5.02 Å². The molecule has 1 unspecified atom stereocenters. The Kier molecular flexibility index (Phi) is 7.65. The molecule has 1 saturated heterocycles. The number of amides is 1. The van der Waals surface area contributed by atoms with Crippen molar-refractivity contribution in [2.24, 2.45) is 0 Å². The third kappa shape index (κ3) is 5.57. The quantitative estimate of drug-likeness (QED) is 0.768. The summed E-state index contributed by atoms with van der Waals surface area (Å²) in [5, 5.41) is 5.40. The van der Waals surface area contributed by atoms with E-state index in [9.17, 15) is 18.0 Å². The Morgan fingerprint density at radius 3 is 2.82 bits per heavy atom. The van der Waals surface area contributed by atoms with E-state index >= 15 is 0 Å². The number of benzene rings is 1. The summed E-state index contributed by atoms with van der Waals surface area (Å²) in [5.41, 5.74) is 0.0607. The second-order valence-electron chi connectivity index (χ2n) is 6.22. The van der Waals surface area contributed by atoms with Crippen LogP contribution < -0.4 is 10.6 Å². The standard InChI is InChI=1S/C18H18ClF3N4O.ClH/c19-15-4-3-13(8-14(15)18(20,21)22)25-17(27)11-26-7-6-24-10-16(26)12-2-1-5-23-9-12;/h1-5,8-9,16,24H,6-7,10-11H2,(H,25,27);1H. The molecule has 0 radical (unpaired) electrons. The molecule has 3 rings (SSSR count). The zero-order valence-electron chi connectivity index (χ0n) is 14.7. The fraction of sp³-hybridized carbons (Fsp3) is 0.333. The molecule has 1 atom stereocenters. The number of pyridine rings is 1. The number of halogens is 5. The van der Waals surface area contributed by atoms with Crippen molar-refractivity contribution in [3.8, 4) is 0 Å². The summed E-state index contributed by atoms with van der Waals surface area (Å²) >= 11 is 5.61. The maximum Gasteiger partial charge on any atom is 0.417 e. The molecule has 152 valence electrons. The minimum Gasteiger partial charge on any atom is -0.325 e. The molecule has 0 aliphatic carbocycles. The third-order valence-corrected chi connectivity index (χ3v) is 4.66. The lowest BCUT2D eigenvalue weighted by Crippen LogP contribution is -2.48. The van der Waals surface area contributed by atoms with Gasteiger partial charge in [-0.25, -0.2) is 0 Å². The fourth-order valence-electron chi connectivity index (χ4n) is 3.04. The first-order valence-corrected chi connectivity index (χ1v) is 8.73. The van der Waals surface area contributed by atoms with Crippen molar-refractivity contribution < 1.29 is 18.0 Å². The lowest BCUT2D eigenvalue weighted by molar-refractivity contribution is -0.137. The van der Waals surface area contributed by atoms with Crippen molar-refractivity contribution in [1.82, 2.24) is 15.2 Å². The van der Waals surface area contributed by atoms with Gasteiger partial charge in [-0.3, -0.25) is 14.7 Å². The number of rotatable bonds is 4. The van der Waals surface area contributed by atoms with Gasteiger partial charge in [-0.15, -0.1) is 12.4 Å². The van der Waals surface area contributed by atoms with E-state index in [2.05, 4.69) is 15.6 Å². The van der Waals surface area contributed by atoms with Crippen molar-refractivity contribution in [2.75, 3.05) is 31.5 Å². The molecular formula is C18H19Cl2F3N4O. The molecule has 1 aromatic heterocycles. The largest absolute Gasteiger partial charge is 0.417 e. The fourth-order valence-corrected chi connectivity index (χ4v) is 3.27. The van der Waals surface area contributed by atoms with Crippen LogP contribution in [-0.4, -0.2) is 42.0 Å². The van der Waals surface area contributed by atoms with E-state index in [1.165, 1.54) is 6.07 Å². The van der Waals surface area contributed by atoms with Crippen molar-refractivity contribution in [1.29, 1.82) is 0 Å². The molecule has 0 bridgehead atoms. The van der Waals surface area contributed by atoms with Crippen LogP contribution in [-0.2, 0) is 11.0 Å². The molecular weight excluding hydrogens is 416 g/mol. The number of hydrogen-bond acceptors (Lipinski definition) is 4. The van der Waals surface area contributed by atoms with E-state index in [0.29, 0.717) is 13.1 Å². The molecule has 1 aliphatic heterocycles. The Balaban J connectivity index is 0.00000280. The number of aromatic nitrogens is 1. The molecule has 5 nitrogen and oxygen atoms in total. The smallest absolute Gasteiger partial charge is 0.325 e. The Labute approximate surface area is 171 Å². The monoisotopic (exact) mass is 434 g/mol. The first kappa shape index (κ1) is 22.4. The predicted octanol–water partition coefficient (Wildman–Crippen LogP) is 3.76. The normalized spacial score (nSPS) is 17.6. The zero-order valence-corrected chi connectivity index (χ0v) is 16.2. The summed E-state index contributed by atoms with van der Waals surface area (Å²) in [6, 6.07) is 7.05. The van der Waals surface area contributed by atoms with Gasteiger partial charge in [0.1, 0.15) is 0 Å². The van der Waals surface area contributed by atoms with E-state index in [-0.39, 0.29) is 36.6 Å². The zero-order chi connectivity index (χ0) is 19.4. The van der Waals surface area contributed by atoms with Gasteiger partial charge in [-0.1, -0.05) is 17.7 Å². The van der Waals surface area contributed by atoms with Gasteiger partial charge < -0.3 is 10.6 Å². The molecule has 10 heteroatoms. The summed E-state index contributed by atoms with van der Waals surface area (Å²) in [6.45, 7) is 2.09. The van der Waals surface area contributed by atoms with Crippen molar-refractivity contribution in [3.05, 3.63) is 58.9 Å². The average molecular weight is 435 g/mol. The van der Waals surface area contributed by atoms with Gasteiger partial charge in [-0.2, -0.15) is 13.2 Å². The summed E-state index contributed by atoms with van der Waals surface area (Å²) in [7, 11) is 0. The number of nitrogens with one attached hydrogen (secondary N) is 2. The minimum absolute atomic E-state index is 0. The third-order valence-electron chi connectivity index (χ3n) is 4.33. The number of anilines is 1. The van der Waals surface area contributed by atoms with Crippen LogP contribution in [0.25, 0.3) is 0 Å². The van der Waals surface area contributed by atoms with Crippen LogP contribution in [0.4, 0.5) is 18.9 Å². The molecule has 0 spiro atoms. The lowest BCUT2D eigenvalue weighted by Gasteiger charge is -2.35. The van der Waals surface area contributed by atoms with E-state index in [4.69, 9.17) is 11.6 Å². The highest BCUT2D eigenvalue weighted by molar-refractivity contribution is 6.31. The number of carbonyl (C=O) groups is 1. The molecule has 2 heterocycles. The van der Waals surface area contributed by atoms with E-state index in [0.717, 1.165) is 24.2 Å². The second-order valence-corrected chi connectivity index (χ2v) is 6.62. The first-order chi connectivity index (χ1) is 12.8. The van der Waals surface area contributed by atoms with Gasteiger partial charge in [0.25, 0.3) is 0 Å². The van der Waals surface area contributed by atoms with E-state index in [1.54, 1.807) is 12.4 Å². The topological polar surface area (TPSA) is 57.3 Å². The van der Waals surface area contributed by atoms with Crippen LogP contribution >= 0.6 is 24.0 Å². The van der Waals surface area contributed by atoms with Gasteiger partial charge in [0, 0.05) is 43.8 Å². The number of hydrogen-bond donors (Lipinski definition) is 2. The van der Waals surface area contributed by atoms with Gasteiger partial charge in [0.2, 0.25) is 5.91 Å². The first-order valence-electron chi connectivity index (χ1n) is 8.36. The molecule has 1 aliphatic rings. The maximum atomic E-state index is 13.0. The molecule has 28 heavy (non-hydrogen) atoms. The summed E-state index contributed by atoms with van der Waals surface area (Å²) in [6.07, 6.45) is -1.16. The van der Waals surface area contributed by atoms with E-state index < -0.39 is 16.8 Å². The van der Waals surface area contributed by atoms with Gasteiger partial charge >= 0.3 is 6.18 Å². The number of nitrogens with zero attached hydrogens (tertiary/aromatic N) is 2. The number of carbonyl (C=O) groups excluding carboxylic acids is 1. The maximum absolute atomic E-state index is 13.0. The molecule has 2 N–H and O–H groups in total. The molecule has 1 fully saturated rings. The minimum atomic E-state index is -4.58. The van der Waals surface area contributed by atoms with Crippen LogP contribution in [0.5, 0.6) is 0 Å². The molecule has 1 aromatic carbocycles. The second kappa shape index (κ2) is 9.56. The Hall–Kier alpha value is -1.87. The summed E-state index contributed by atoms with van der Waals surface area (Å²) in [4.78, 5) is 18.5. The van der Waals surface area contributed by atoms with Crippen molar-refractivity contribution in [2.45, 2.75) is 12.2 Å². The number of alkyl halides is 3. The highest BCUT2D eigenvalue weighted by atomic mass is 35.5. The summed E-state index contributed by atoms with van der Waals surface area (Å²) < 4.78 is 38.9. The van der Waals surface area contributed by atoms with Gasteiger partial charge in [0.15, 0.2) is 0 Å². The Bertz CT molecular complexity index is 805. The summed E-state index contributed by atoms with van der Waals surface area (Å²) in [5.74, 6) is -0.388. The van der Waals surface area contributed by atoms with Crippen LogP contribution in [0, 0.1) is 0 Å². The SMILES string of the molecule is Cl.O=C(CN1CCNCC1c1cccnc1)Nc1ccc(Cl)c(C(F)(F)F)c1. The van der Waals surface area contributed by atoms with Crippen molar-refractivity contribution >= 4 is 35.6 Å². The highest BCUT2D eigenvalue weighted by Gasteiger charge is 2.33. The lowest BCUT2D eigenvalue weighted by atomic mass is 10.1. The van der Waals surface area contributed by atoms with Crippen LogP contribution in [0.15, 0.2) is 42.7 Å². The van der Waals surface area contributed by atoms with Crippen molar-refractivity contribution in [3.63, 3.8) is 0 Å². The predicted molar refractivity (Wildman–Crippen MR) is 104 cm³/mol. The Morgan fingerprint density at radius 2 is 2.14 bits per heavy atom. The Morgan fingerprint density at radius 1 is 1.36 bits per heavy atom. The van der Waals surface area contributed by atoms with Crippen LogP contribution in [0.1, 0.15) is 17.2 Å². The van der Waals surface area contributed by atoms with Gasteiger partial charge in [0.05, 0.1) is 17.1 Å². The van der Waals surface area contributed by atoms with Gasteiger partial charge in [-0.05, 0) is 29.8 Å². The van der Waals surface area contributed by atoms with Crippen LogP contribution in [0.3, 0.4) is 0 Å². The molecule has 1 amide bonds.